The van der Waals surface area contributed by atoms with Crippen molar-refractivity contribution < 1.29 is 22.7 Å². The van der Waals surface area contributed by atoms with Crippen LogP contribution in [0.2, 0.25) is 0 Å². The Morgan fingerprint density at radius 1 is 1.06 bits per heavy atom. The lowest BCUT2D eigenvalue weighted by Gasteiger charge is -2.18. The number of aryl methyl sites for hydroxylation is 3. The van der Waals surface area contributed by atoms with E-state index in [0.29, 0.717) is 11.3 Å². The standard InChI is InChI=1S/C22H25N3O5S/c1-12-10-13(2)19(14(3)11-12)24-21(26)16(5)30-22(27)15(4)23-20-17-8-6-7-9-18(17)31(28,29)25-20/h6-11,15-16H,1-5H3,(H,23,25)(H,24,26)/t15-,16?/m0/s1. The van der Waals surface area contributed by atoms with Crippen LogP contribution < -0.4 is 10.0 Å². The molecule has 8 nitrogen and oxygen atoms in total. The van der Waals surface area contributed by atoms with Gasteiger partial charge >= 0.3 is 5.97 Å². The minimum absolute atomic E-state index is 0.0723. The molecule has 0 bridgehead atoms. The number of carbonyl (C=O) groups excluding carboxylic acids is 2. The van der Waals surface area contributed by atoms with Crippen molar-refractivity contribution >= 4 is 33.4 Å². The van der Waals surface area contributed by atoms with Gasteiger partial charge in [0.1, 0.15) is 11.9 Å². The molecule has 2 atom stereocenters. The van der Waals surface area contributed by atoms with Crippen molar-refractivity contribution in [2.45, 2.75) is 51.7 Å². The molecular weight excluding hydrogens is 418 g/mol. The van der Waals surface area contributed by atoms with Crippen LogP contribution in [0.5, 0.6) is 0 Å². The Balaban J connectivity index is 1.69. The Morgan fingerprint density at radius 3 is 2.32 bits per heavy atom. The fourth-order valence-electron chi connectivity index (χ4n) is 3.40. The van der Waals surface area contributed by atoms with Gasteiger partial charge in [0.25, 0.3) is 15.9 Å². The molecule has 1 aliphatic heterocycles. The number of carbonyl (C=O) groups is 2. The summed E-state index contributed by atoms with van der Waals surface area (Å²) in [6.07, 6.45) is -1.05. The van der Waals surface area contributed by atoms with Gasteiger partial charge in [0.15, 0.2) is 6.10 Å². The number of rotatable bonds is 5. The van der Waals surface area contributed by atoms with Crippen LogP contribution in [0, 0.1) is 20.8 Å². The maximum Gasteiger partial charge on any atom is 0.331 e. The van der Waals surface area contributed by atoms with Crippen molar-refractivity contribution in [3.05, 3.63) is 58.7 Å². The zero-order valence-electron chi connectivity index (χ0n) is 18.0. The van der Waals surface area contributed by atoms with Crippen molar-refractivity contribution in [3.63, 3.8) is 0 Å². The highest BCUT2D eigenvalue weighted by Gasteiger charge is 2.31. The predicted molar refractivity (Wildman–Crippen MR) is 118 cm³/mol. The van der Waals surface area contributed by atoms with E-state index in [0.717, 1.165) is 16.7 Å². The molecule has 0 saturated heterocycles. The maximum absolute atomic E-state index is 12.5. The first kappa shape index (κ1) is 22.5. The van der Waals surface area contributed by atoms with Gasteiger partial charge in [0.2, 0.25) is 0 Å². The number of sulfonamides is 1. The second kappa shape index (κ2) is 8.50. The summed E-state index contributed by atoms with van der Waals surface area (Å²) in [7, 11) is -3.71. The number of hydrogen-bond donors (Lipinski definition) is 2. The quantitative estimate of drug-likeness (QED) is 0.690. The number of hydrogen-bond acceptors (Lipinski definition) is 6. The van der Waals surface area contributed by atoms with Gasteiger partial charge in [-0.2, -0.15) is 0 Å². The van der Waals surface area contributed by atoms with Crippen molar-refractivity contribution in [1.82, 2.24) is 4.72 Å². The SMILES string of the molecule is Cc1cc(C)c(NC(=O)C(C)OC(=O)[C@H](C)N=C2NS(=O)(=O)c3ccccc32)c(C)c1. The van der Waals surface area contributed by atoms with E-state index in [1.165, 1.54) is 19.9 Å². The van der Waals surface area contributed by atoms with E-state index >= 15 is 0 Å². The number of nitrogens with zero attached hydrogens (tertiary/aromatic N) is 1. The number of esters is 1. The summed E-state index contributed by atoms with van der Waals surface area (Å²) in [6, 6.07) is 9.26. The number of benzene rings is 2. The normalized spacial score (nSPS) is 17.4. The molecule has 2 aromatic rings. The molecule has 9 heteroatoms. The zero-order valence-corrected chi connectivity index (χ0v) is 18.8. The Morgan fingerprint density at radius 2 is 1.68 bits per heavy atom. The van der Waals surface area contributed by atoms with E-state index < -0.39 is 34.0 Å². The summed E-state index contributed by atoms with van der Waals surface area (Å²) >= 11 is 0. The van der Waals surface area contributed by atoms with Gasteiger partial charge in [-0.3, -0.25) is 14.5 Å². The van der Waals surface area contributed by atoms with E-state index in [1.807, 2.05) is 32.9 Å². The topological polar surface area (TPSA) is 114 Å². The molecule has 1 heterocycles. The fourth-order valence-corrected chi connectivity index (χ4v) is 4.64. The summed E-state index contributed by atoms with van der Waals surface area (Å²) in [5.41, 5.74) is 3.99. The maximum atomic E-state index is 12.5. The second-order valence-corrected chi connectivity index (χ2v) is 9.25. The smallest absolute Gasteiger partial charge is 0.331 e. The van der Waals surface area contributed by atoms with E-state index in [-0.39, 0.29) is 10.7 Å². The number of amides is 1. The van der Waals surface area contributed by atoms with Crippen LogP contribution in [-0.2, 0) is 24.3 Å². The van der Waals surface area contributed by atoms with Gasteiger partial charge < -0.3 is 10.1 Å². The monoisotopic (exact) mass is 443 g/mol. The molecule has 0 aromatic heterocycles. The lowest BCUT2D eigenvalue weighted by Crippen LogP contribution is -2.34. The van der Waals surface area contributed by atoms with Crippen LogP contribution in [0.1, 0.15) is 36.1 Å². The van der Waals surface area contributed by atoms with Gasteiger partial charge in [-0.25, -0.2) is 13.2 Å². The van der Waals surface area contributed by atoms with Crippen LogP contribution in [0.25, 0.3) is 0 Å². The van der Waals surface area contributed by atoms with Crippen molar-refractivity contribution in [1.29, 1.82) is 0 Å². The van der Waals surface area contributed by atoms with Crippen LogP contribution >= 0.6 is 0 Å². The van der Waals surface area contributed by atoms with Gasteiger partial charge in [-0.1, -0.05) is 29.8 Å². The van der Waals surface area contributed by atoms with Crippen LogP contribution in [0.15, 0.2) is 46.3 Å². The van der Waals surface area contributed by atoms with Crippen molar-refractivity contribution in [2.75, 3.05) is 5.32 Å². The Bertz CT molecular complexity index is 1160. The fraction of sp³-hybridized carbons (Fsp3) is 0.318. The van der Waals surface area contributed by atoms with E-state index in [1.54, 1.807) is 18.2 Å². The lowest BCUT2D eigenvalue weighted by molar-refractivity contribution is -0.153. The van der Waals surface area contributed by atoms with Crippen molar-refractivity contribution in [3.8, 4) is 0 Å². The third-order valence-electron chi connectivity index (χ3n) is 4.91. The van der Waals surface area contributed by atoms with E-state index in [9.17, 15) is 18.0 Å². The molecular formula is C22H25N3O5S. The highest BCUT2D eigenvalue weighted by molar-refractivity contribution is 7.90. The molecule has 2 N–H and O–H groups in total. The zero-order chi connectivity index (χ0) is 22.9. The number of amidine groups is 1. The van der Waals surface area contributed by atoms with Crippen LogP contribution in [0.3, 0.4) is 0 Å². The molecule has 1 aliphatic rings. The molecule has 3 rings (SSSR count). The Hall–Kier alpha value is -3.20. The molecule has 0 spiro atoms. The number of aliphatic imine (C=N–C) groups is 1. The molecule has 2 aromatic carbocycles. The summed E-state index contributed by atoms with van der Waals surface area (Å²) < 4.78 is 31.9. The first-order valence-corrected chi connectivity index (χ1v) is 11.3. The molecule has 0 saturated carbocycles. The minimum atomic E-state index is -3.71. The third kappa shape index (κ3) is 4.77. The van der Waals surface area contributed by atoms with Gasteiger partial charge in [-0.15, -0.1) is 0 Å². The third-order valence-corrected chi connectivity index (χ3v) is 6.31. The Kier molecular flexibility index (Phi) is 6.17. The predicted octanol–water partition coefficient (Wildman–Crippen LogP) is 2.61. The number of fused-ring (bicyclic) bond motifs is 1. The molecule has 0 fully saturated rings. The number of ether oxygens (including phenoxy) is 1. The lowest BCUT2D eigenvalue weighted by atomic mass is 10.0. The van der Waals surface area contributed by atoms with Crippen molar-refractivity contribution in [2.24, 2.45) is 4.99 Å². The first-order valence-electron chi connectivity index (χ1n) is 9.79. The molecule has 1 amide bonds. The molecule has 0 aliphatic carbocycles. The largest absolute Gasteiger partial charge is 0.451 e. The average Bonchev–Trinajstić information content (AvgIpc) is 2.94. The second-order valence-electron chi connectivity index (χ2n) is 7.60. The summed E-state index contributed by atoms with van der Waals surface area (Å²) in [4.78, 5) is 29.3. The highest BCUT2D eigenvalue weighted by Crippen LogP contribution is 2.24. The first-order chi connectivity index (χ1) is 14.5. The Labute approximate surface area is 181 Å². The molecule has 0 radical (unpaired) electrons. The average molecular weight is 444 g/mol. The van der Waals surface area contributed by atoms with Gasteiger partial charge in [-0.05, 0) is 57.9 Å². The summed E-state index contributed by atoms with van der Waals surface area (Å²) in [5.74, 6) is -1.13. The number of anilines is 1. The van der Waals surface area contributed by atoms with Crippen LogP contribution in [0.4, 0.5) is 5.69 Å². The molecule has 31 heavy (non-hydrogen) atoms. The van der Waals surface area contributed by atoms with E-state index in [4.69, 9.17) is 4.74 Å². The highest BCUT2D eigenvalue weighted by atomic mass is 32.2. The van der Waals surface area contributed by atoms with Gasteiger partial charge in [0.05, 0.1) is 4.90 Å². The summed E-state index contributed by atoms with van der Waals surface area (Å²) in [6.45, 7) is 8.71. The minimum Gasteiger partial charge on any atom is -0.451 e. The summed E-state index contributed by atoms with van der Waals surface area (Å²) in [5, 5.41) is 2.80. The molecule has 1 unspecified atom stereocenters. The number of nitrogens with one attached hydrogen (secondary N) is 2. The van der Waals surface area contributed by atoms with E-state index in [2.05, 4.69) is 15.0 Å². The van der Waals surface area contributed by atoms with Crippen LogP contribution in [-0.4, -0.2) is 38.3 Å². The molecule has 164 valence electrons. The van der Waals surface area contributed by atoms with Gasteiger partial charge in [0, 0.05) is 11.3 Å².